The molecular weight excluding hydrogens is 210 g/mol. The van der Waals surface area contributed by atoms with Crippen molar-refractivity contribution in [3.05, 3.63) is 28.1 Å². The van der Waals surface area contributed by atoms with Crippen molar-refractivity contribution in [3.63, 3.8) is 0 Å². The Bertz CT molecular complexity index is 349. The molecule has 0 N–H and O–H groups in total. The summed E-state index contributed by atoms with van der Waals surface area (Å²) in [5, 5.41) is 1.14. The zero-order valence-corrected chi connectivity index (χ0v) is 10.6. The highest BCUT2D eigenvalue weighted by molar-refractivity contribution is 7.21. The maximum absolute atomic E-state index is 4.33. The summed E-state index contributed by atoms with van der Waals surface area (Å²) in [5.74, 6) is 0. The van der Waals surface area contributed by atoms with Gasteiger partial charge in [-0.3, -0.25) is 0 Å². The van der Waals surface area contributed by atoms with Crippen LogP contribution < -0.4 is 0 Å². The zero-order chi connectivity index (χ0) is 10.6. The number of nitrogens with zero attached hydrogens (tertiary/aromatic N) is 1. The molecule has 0 fully saturated rings. The first-order valence-electron chi connectivity index (χ1n) is 4.75. The molecule has 2 rings (SSSR count). The van der Waals surface area contributed by atoms with Crippen molar-refractivity contribution in [2.24, 2.45) is 0 Å². The van der Waals surface area contributed by atoms with Gasteiger partial charge in [0.1, 0.15) is 5.01 Å². The Balaban J connectivity index is 0.000000461. The molecule has 1 nitrogen and oxygen atoms in total. The lowest BCUT2D eigenvalue weighted by Gasteiger charge is -1.85. The SMILES string of the molecule is CC.Cc1ccc(-c2ncc(C)s2)s1. The Morgan fingerprint density at radius 1 is 1.00 bits per heavy atom. The quantitative estimate of drug-likeness (QED) is 0.695. The van der Waals surface area contributed by atoms with E-state index >= 15 is 0 Å². The number of hydrogen-bond acceptors (Lipinski definition) is 3. The summed E-state index contributed by atoms with van der Waals surface area (Å²) in [6.45, 7) is 8.20. The topological polar surface area (TPSA) is 12.9 Å². The Kier molecular flexibility index (Phi) is 4.29. The molecule has 0 aliphatic heterocycles. The highest BCUT2D eigenvalue weighted by atomic mass is 32.1. The predicted octanol–water partition coefficient (Wildman–Crippen LogP) is 4.51. The Morgan fingerprint density at radius 2 is 1.71 bits per heavy atom. The predicted molar refractivity (Wildman–Crippen MR) is 66.2 cm³/mol. The molecule has 0 aromatic carbocycles. The van der Waals surface area contributed by atoms with Gasteiger partial charge in [-0.15, -0.1) is 22.7 Å². The zero-order valence-electron chi connectivity index (χ0n) is 9.00. The molecular formula is C11H15NS2. The van der Waals surface area contributed by atoms with Crippen LogP contribution in [0.3, 0.4) is 0 Å². The lowest BCUT2D eigenvalue weighted by atomic mass is 10.4. The van der Waals surface area contributed by atoms with Crippen LogP contribution in [-0.4, -0.2) is 4.98 Å². The highest BCUT2D eigenvalue weighted by Gasteiger charge is 2.03. The minimum Gasteiger partial charge on any atom is -0.243 e. The number of aryl methyl sites for hydroxylation is 2. The second-order valence-corrected chi connectivity index (χ2v) is 5.21. The van der Waals surface area contributed by atoms with Gasteiger partial charge in [-0.25, -0.2) is 4.98 Å². The van der Waals surface area contributed by atoms with Crippen LogP contribution in [0, 0.1) is 13.8 Å². The van der Waals surface area contributed by atoms with Gasteiger partial charge in [-0.05, 0) is 26.0 Å². The molecule has 0 radical (unpaired) electrons. The summed E-state index contributed by atoms with van der Waals surface area (Å²) in [6.07, 6.45) is 1.93. The summed E-state index contributed by atoms with van der Waals surface area (Å²) >= 11 is 3.56. The molecule has 2 aromatic rings. The third-order valence-electron chi connectivity index (χ3n) is 1.57. The summed E-state index contributed by atoms with van der Waals surface area (Å²) < 4.78 is 0. The Morgan fingerprint density at radius 3 is 2.14 bits per heavy atom. The van der Waals surface area contributed by atoms with Crippen molar-refractivity contribution in [1.29, 1.82) is 0 Å². The number of aromatic nitrogens is 1. The van der Waals surface area contributed by atoms with Gasteiger partial charge in [0.25, 0.3) is 0 Å². The van der Waals surface area contributed by atoms with Crippen LogP contribution in [-0.2, 0) is 0 Å². The first kappa shape index (κ1) is 11.4. The third kappa shape index (κ3) is 2.66. The molecule has 0 saturated carbocycles. The number of thiazole rings is 1. The molecule has 0 unspecified atom stereocenters. The van der Waals surface area contributed by atoms with E-state index in [9.17, 15) is 0 Å². The van der Waals surface area contributed by atoms with E-state index in [1.807, 2.05) is 20.0 Å². The van der Waals surface area contributed by atoms with Crippen LogP contribution >= 0.6 is 22.7 Å². The lowest BCUT2D eigenvalue weighted by molar-refractivity contribution is 1.39. The average Bonchev–Trinajstić information content (AvgIpc) is 2.78. The normalized spacial score (nSPS) is 9.43. The lowest BCUT2D eigenvalue weighted by Crippen LogP contribution is -1.63. The van der Waals surface area contributed by atoms with Gasteiger partial charge in [0.15, 0.2) is 0 Å². The Labute approximate surface area is 93.5 Å². The molecule has 0 saturated heterocycles. The maximum atomic E-state index is 4.33. The molecule has 0 atom stereocenters. The maximum Gasteiger partial charge on any atom is 0.133 e. The molecule has 0 bridgehead atoms. The minimum atomic E-state index is 1.14. The van der Waals surface area contributed by atoms with Crippen molar-refractivity contribution in [2.75, 3.05) is 0 Å². The van der Waals surface area contributed by atoms with Crippen LogP contribution in [0.25, 0.3) is 9.88 Å². The number of rotatable bonds is 1. The molecule has 0 aliphatic carbocycles. The standard InChI is InChI=1S/C9H9NS2.C2H6/c1-6-3-4-8(11-6)9-10-5-7(2)12-9;1-2/h3-5H,1-2H3;1-2H3. The van der Waals surface area contributed by atoms with Crippen molar-refractivity contribution in [1.82, 2.24) is 4.98 Å². The van der Waals surface area contributed by atoms with E-state index in [4.69, 9.17) is 0 Å². The first-order valence-corrected chi connectivity index (χ1v) is 6.38. The Hall–Kier alpha value is -0.670. The second-order valence-electron chi connectivity index (χ2n) is 2.69. The van der Waals surface area contributed by atoms with E-state index in [0.29, 0.717) is 0 Å². The molecule has 2 heterocycles. The van der Waals surface area contributed by atoms with Gasteiger partial charge < -0.3 is 0 Å². The fraction of sp³-hybridized carbons (Fsp3) is 0.364. The van der Waals surface area contributed by atoms with Crippen LogP contribution in [0.15, 0.2) is 18.3 Å². The molecule has 0 amide bonds. The van der Waals surface area contributed by atoms with E-state index in [2.05, 4.69) is 31.0 Å². The van der Waals surface area contributed by atoms with Crippen molar-refractivity contribution >= 4 is 22.7 Å². The third-order valence-corrected chi connectivity index (χ3v) is 3.66. The average molecular weight is 225 g/mol. The fourth-order valence-corrected chi connectivity index (χ4v) is 2.71. The van der Waals surface area contributed by atoms with Crippen LogP contribution in [0.2, 0.25) is 0 Å². The summed E-state index contributed by atoms with van der Waals surface area (Å²) in [6, 6.07) is 4.27. The van der Waals surface area contributed by atoms with Gasteiger partial charge in [-0.2, -0.15) is 0 Å². The van der Waals surface area contributed by atoms with Crippen molar-refractivity contribution < 1.29 is 0 Å². The first-order chi connectivity index (χ1) is 6.75. The van der Waals surface area contributed by atoms with Crippen LogP contribution in [0.1, 0.15) is 23.6 Å². The van der Waals surface area contributed by atoms with Gasteiger partial charge in [-0.1, -0.05) is 13.8 Å². The number of thiophene rings is 1. The fourth-order valence-electron chi connectivity index (χ4n) is 1.02. The second kappa shape index (κ2) is 5.27. The highest BCUT2D eigenvalue weighted by Crippen LogP contribution is 2.30. The minimum absolute atomic E-state index is 1.14. The molecule has 76 valence electrons. The summed E-state index contributed by atoms with van der Waals surface area (Å²) in [4.78, 5) is 8.23. The van der Waals surface area contributed by atoms with Crippen molar-refractivity contribution in [2.45, 2.75) is 27.7 Å². The van der Waals surface area contributed by atoms with E-state index in [0.717, 1.165) is 5.01 Å². The largest absolute Gasteiger partial charge is 0.243 e. The van der Waals surface area contributed by atoms with Gasteiger partial charge >= 0.3 is 0 Å². The van der Waals surface area contributed by atoms with Crippen LogP contribution in [0.5, 0.6) is 0 Å². The summed E-state index contributed by atoms with van der Waals surface area (Å²) in [7, 11) is 0. The number of hydrogen-bond donors (Lipinski definition) is 0. The molecule has 2 aromatic heterocycles. The van der Waals surface area contributed by atoms with Gasteiger partial charge in [0.2, 0.25) is 0 Å². The monoisotopic (exact) mass is 225 g/mol. The van der Waals surface area contributed by atoms with E-state index in [1.165, 1.54) is 14.6 Å². The molecule has 14 heavy (non-hydrogen) atoms. The van der Waals surface area contributed by atoms with E-state index in [1.54, 1.807) is 22.7 Å². The molecule has 3 heteroatoms. The van der Waals surface area contributed by atoms with Gasteiger partial charge in [0.05, 0.1) is 4.88 Å². The van der Waals surface area contributed by atoms with E-state index < -0.39 is 0 Å². The molecule has 0 aliphatic rings. The van der Waals surface area contributed by atoms with Crippen molar-refractivity contribution in [3.8, 4) is 9.88 Å². The molecule has 0 spiro atoms. The van der Waals surface area contributed by atoms with Gasteiger partial charge in [0, 0.05) is 16.0 Å². The smallest absolute Gasteiger partial charge is 0.133 e. The van der Waals surface area contributed by atoms with E-state index in [-0.39, 0.29) is 0 Å². The summed E-state index contributed by atoms with van der Waals surface area (Å²) in [5.41, 5.74) is 0. The van der Waals surface area contributed by atoms with Crippen LogP contribution in [0.4, 0.5) is 0 Å².